The summed E-state index contributed by atoms with van der Waals surface area (Å²) in [4.78, 5) is 15.9. The van der Waals surface area contributed by atoms with E-state index in [1.54, 1.807) is 30.3 Å². The molecule has 1 amide bonds. The number of amides is 1. The SMILES string of the molecule is NNc1ccc(C(=O)Nc2c(Cl)cccc2Cl)cn1. The van der Waals surface area contributed by atoms with Gasteiger partial charge in [-0.15, -0.1) is 0 Å². The van der Waals surface area contributed by atoms with Crippen LogP contribution in [0, 0.1) is 0 Å². The van der Waals surface area contributed by atoms with Crippen molar-refractivity contribution in [1.82, 2.24) is 4.98 Å². The zero-order valence-corrected chi connectivity index (χ0v) is 11.2. The molecule has 5 nitrogen and oxygen atoms in total. The maximum atomic E-state index is 12.0. The number of nitrogens with one attached hydrogen (secondary N) is 2. The van der Waals surface area contributed by atoms with Gasteiger partial charge in [-0.3, -0.25) is 4.79 Å². The number of nitrogens with zero attached hydrogens (tertiary/aromatic N) is 1. The van der Waals surface area contributed by atoms with E-state index in [4.69, 9.17) is 29.0 Å². The molecule has 0 spiro atoms. The van der Waals surface area contributed by atoms with Crippen LogP contribution < -0.4 is 16.6 Å². The number of nitrogens with two attached hydrogens (primary N) is 1. The standard InChI is InChI=1S/C12H10Cl2N4O/c13-8-2-1-3-9(14)11(8)17-12(19)7-4-5-10(18-15)16-6-7/h1-6H,15H2,(H,16,18)(H,17,19). The van der Waals surface area contributed by atoms with E-state index < -0.39 is 0 Å². The molecular formula is C12H10Cl2N4O. The van der Waals surface area contributed by atoms with Gasteiger partial charge in [-0.25, -0.2) is 10.8 Å². The molecule has 2 rings (SSSR count). The van der Waals surface area contributed by atoms with E-state index in [1.807, 2.05) is 0 Å². The molecule has 1 aromatic carbocycles. The van der Waals surface area contributed by atoms with Crippen LogP contribution in [0.4, 0.5) is 11.5 Å². The minimum Gasteiger partial charge on any atom is -0.319 e. The summed E-state index contributed by atoms with van der Waals surface area (Å²) in [5.41, 5.74) is 3.12. The van der Waals surface area contributed by atoms with Crippen LogP contribution in [0.3, 0.4) is 0 Å². The highest BCUT2D eigenvalue weighted by molar-refractivity contribution is 6.40. The number of hydrogen-bond acceptors (Lipinski definition) is 4. The third-order valence-corrected chi connectivity index (χ3v) is 3.00. The lowest BCUT2D eigenvalue weighted by molar-refractivity contribution is 0.102. The molecule has 0 aliphatic carbocycles. The maximum Gasteiger partial charge on any atom is 0.257 e. The molecule has 1 heterocycles. The number of carbonyl (C=O) groups excluding carboxylic acids is 1. The highest BCUT2D eigenvalue weighted by atomic mass is 35.5. The summed E-state index contributed by atoms with van der Waals surface area (Å²) < 4.78 is 0. The Hall–Kier alpha value is -1.82. The van der Waals surface area contributed by atoms with Crippen molar-refractivity contribution >= 4 is 40.6 Å². The topological polar surface area (TPSA) is 80.0 Å². The number of hydrogen-bond donors (Lipinski definition) is 3. The highest BCUT2D eigenvalue weighted by Gasteiger charge is 2.11. The van der Waals surface area contributed by atoms with E-state index in [0.29, 0.717) is 27.1 Å². The van der Waals surface area contributed by atoms with Gasteiger partial charge in [0, 0.05) is 6.20 Å². The molecule has 0 atom stereocenters. The first-order chi connectivity index (χ1) is 9.11. The Kier molecular flexibility index (Phi) is 4.21. The van der Waals surface area contributed by atoms with E-state index in [2.05, 4.69) is 15.7 Å². The number of halogens is 2. The van der Waals surface area contributed by atoms with Crippen molar-refractivity contribution in [3.05, 3.63) is 52.1 Å². The fourth-order valence-corrected chi connectivity index (χ4v) is 1.91. The first-order valence-corrected chi connectivity index (χ1v) is 6.05. The van der Waals surface area contributed by atoms with Crippen molar-refractivity contribution in [2.45, 2.75) is 0 Å². The summed E-state index contributed by atoms with van der Waals surface area (Å²) in [6, 6.07) is 8.15. The van der Waals surface area contributed by atoms with E-state index in [1.165, 1.54) is 6.20 Å². The molecular weight excluding hydrogens is 287 g/mol. The highest BCUT2D eigenvalue weighted by Crippen LogP contribution is 2.30. The minimum absolute atomic E-state index is 0.355. The molecule has 0 saturated carbocycles. The molecule has 98 valence electrons. The van der Waals surface area contributed by atoms with Crippen molar-refractivity contribution in [2.24, 2.45) is 5.84 Å². The average molecular weight is 297 g/mol. The van der Waals surface area contributed by atoms with E-state index in [0.717, 1.165) is 0 Å². The van der Waals surface area contributed by atoms with Gasteiger partial charge in [-0.2, -0.15) is 0 Å². The largest absolute Gasteiger partial charge is 0.319 e. The Labute approximate surface area is 119 Å². The summed E-state index contributed by atoms with van der Waals surface area (Å²) in [6.07, 6.45) is 1.40. The normalized spacial score (nSPS) is 10.1. The zero-order chi connectivity index (χ0) is 13.8. The molecule has 2 aromatic rings. The molecule has 0 bridgehead atoms. The summed E-state index contributed by atoms with van der Waals surface area (Å²) in [6.45, 7) is 0. The van der Waals surface area contributed by atoms with Crippen molar-refractivity contribution in [3.8, 4) is 0 Å². The van der Waals surface area contributed by atoms with E-state index >= 15 is 0 Å². The summed E-state index contributed by atoms with van der Waals surface area (Å²) in [7, 11) is 0. The average Bonchev–Trinajstić information content (AvgIpc) is 2.43. The smallest absolute Gasteiger partial charge is 0.257 e. The van der Waals surface area contributed by atoms with Crippen LogP contribution in [-0.4, -0.2) is 10.9 Å². The number of pyridine rings is 1. The van der Waals surface area contributed by atoms with Crippen molar-refractivity contribution in [2.75, 3.05) is 10.7 Å². The third-order valence-electron chi connectivity index (χ3n) is 2.37. The van der Waals surface area contributed by atoms with Gasteiger partial charge in [0.05, 0.1) is 21.3 Å². The van der Waals surface area contributed by atoms with Gasteiger partial charge >= 0.3 is 0 Å². The lowest BCUT2D eigenvalue weighted by atomic mass is 10.2. The number of nitrogen functional groups attached to an aromatic ring is 1. The zero-order valence-electron chi connectivity index (χ0n) is 9.65. The monoisotopic (exact) mass is 296 g/mol. The number of aromatic nitrogens is 1. The number of hydrazine groups is 1. The van der Waals surface area contributed by atoms with Crippen LogP contribution in [-0.2, 0) is 0 Å². The van der Waals surface area contributed by atoms with Crippen LogP contribution in [0.15, 0.2) is 36.5 Å². The Balaban J connectivity index is 2.20. The second kappa shape index (κ2) is 5.88. The molecule has 7 heteroatoms. The molecule has 0 aliphatic rings. The molecule has 0 saturated heterocycles. The number of carbonyl (C=O) groups is 1. The molecule has 1 aromatic heterocycles. The Morgan fingerprint density at radius 1 is 1.16 bits per heavy atom. The maximum absolute atomic E-state index is 12.0. The van der Waals surface area contributed by atoms with Gasteiger partial charge in [0.1, 0.15) is 5.82 Å². The van der Waals surface area contributed by atoms with E-state index in [9.17, 15) is 4.79 Å². The quantitative estimate of drug-likeness (QED) is 0.601. The van der Waals surface area contributed by atoms with Gasteiger partial charge in [0.15, 0.2) is 0 Å². The van der Waals surface area contributed by atoms with Crippen molar-refractivity contribution in [3.63, 3.8) is 0 Å². The van der Waals surface area contributed by atoms with Crippen LogP contribution in [0.25, 0.3) is 0 Å². The summed E-state index contributed by atoms with van der Waals surface area (Å²) in [5, 5.41) is 3.38. The van der Waals surface area contributed by atoms with Gasteiger partial charge < -0.3 is 10.7 Å². The van der Waals surface area contributed by atoms with E-state index in [-0.39, 0.29) is 5.91 Å². The molecule has 4 N–H and O–H groups in total. The van der Waals surface area contributed by atoms with Gasteiger partial charge in [-0.1, -0.05) is 29.3 Å². The number of para-hydroxylation sites is 1. The van der Waals surface area contributed by atoms with Gasteiger partial charge in [0.25, 0.3) is 5.91 Å². The summed E-state index contributed by atoms with van der Waals surface area (Å²) >= 11 is 11.9. The molecule has 0 fully saturated rings. The van der Waals surface area contributed by atoms with Crippen LogP contribution in [0.2, 0.25) is 10.0 Å². The lowest BCUT2D eigenvalue weighted by Crippen LogP contribution is -2.14. The molecule has 0 radical (unpaired) electrons. The lowest BCUT2D eigenvalue weighted by Gasteiger charge is -2.09. The number of rotatable bonds is 3. The first-order valence-electron chi connectivity index (χ1n) is 5.30. The second-order valence-electron chi connectivity index (χ2n) is 3.63. The van der Waals surface area contributed by atoms with Gasteiger partial charge in [-0.05, 0) is 24.3 Å². The van der Waals surface area contributed by atoms with Crippen molar-refractivity contribution < 1.29 is 4.79 Å². The van der Waals surface area contributed by atoms with Crippen LogP contribution in [0.5, 0.6) is 0 Å². The minimum atomic E-state index is -0.355. The number of anilines is 2. The van der Waals surface area contributed by atoms with Crippen LogP contribution >= 0.6 is 23.2 Å². The first kappa shape index (κ1) is 13.6. The molecule has 0 unspecified atom stereocenters. The Bertz CT molecular complexity index is 581. The summed E-state index contributed by atoms with van der Waals surface area (Å²) in [5.74, 6) is 5.30. The van der Waals surface area contributed by atoms with Gasteiger partial charge in [0.2, 0.25) is 0 Å². The third kappa shape index (κ3) is 3.14. The predicted octanol–water partition coefficient (Wildman–Crippen LogP) is 2.93. The molecule has 0 aliphatic heterocycles. The number of benzene rings is 1. The fourth-order valence-electron chi connectivity index (χ4n) is 1.42. The molecule has 19 heavy (non-hydrogen) atoms. The Morgan fingerprint density at radius 2 is 1.84 bits per heavy atom. The predicted molar refractivity (Wildman–Crippen MR) is 76.5 cm³/mol. The second-order valence-corrected chi connectivity index (χ2v) is 4.44. The van der Waals surface area contributed by atoms with Crippen LogP contribution in [0.1, 0.15) is 10.4 Å². The Morgan fingerprint density at radius 3 is 2.37 bits per heavy atom. The fraction of sp³-hybridized carbons (Fsp3) is 0. The van der Waals surface area contributed by atoms with Crippen molar-refractivity contribution in [1.29, 1.82) is 0 Å².